The number of azide groups is 1. The highest BCUT2D eigenvalue weighted by molar-refractivity contribution is 7.52. The Balaban J connectivity index is 3.86. The Labute approximate surface area is 58.0 Å². The van der Waals surface area contributed by atoms with Crippen molar-refractivity contribution in [3.63, 3.8) is 0 Å². The van der Waals surface area contributed by atoms with Gasteiger partial charge in [-0.2, -0.15) is 0 Å². The van der Waals surface area contributed by atoms with Crippen molar-refractivity contribution in [3.8, 4) is 0 Å². The van der Waals surface area contributed by atoms with Crippen LogP contribution in [0.3, 0.4) is 0 Å². The first-order valence-corrected chi connectivity index (χ1v) is 4.36. The van der Waals surface area contributed by atoms with Gasteiger partial charge in [0.15, 0.2) is 0 Å². The van der Waals surface area contributed by atoms with Crippen molar-refractivity contribution in [2.24, 2.45) is 5.11 Å². The van der Waals surface area contributed by atoms with Gasteiger partial charge in [0.05, 0.1) is 6.61 Å². The third-order valence-electron chi connectivity index (χ3n) is 0.636. The molecule has 0 saturated carbocycles. The summed E-state index contributed by atoms with van der Waals surface area (Å²) in [6.45, 7) is 1.72. The molecule has 58 valence electrons. The van der Waals surface area contributed by atoms with E-state index >= 15 is 0 Å². The quantitative estimate of drug-likeness (QED) is 0.295. The molecular formula is C3H8N3O3P. The molecule has 0 heterocycles. The van der Waals surface area contributed by atoms with E-state index in [2.05, 4.69) is 14.5 Å². The van der Waals surface area contributed by atoms with E-state index in [1.165, 1.54) is 0 Å². The van der Waals surface area contributed by atoms with Crippen LogP contribution in [0.25, 0.3) is 10.4 Å². The summed E-state index contributed by atoms with van der Waals surface area (Å²) in [6, 6.07) is 0. The molecule has 0 aliphatic rings. The van der Waals surface area contributed by atoms with Gasteiger partial charge in [0, 0.05) is 4.91 Å². The van der Waals surface area contributed by atoms with Gasteiger partial charge in [0.1, 0.15) is 6.29 Å². The normalized spacial score (nSPS) is 15.4. The maximum Gasteiger partial charge on any atom is 0.333 e. The number of hydrogen-bond donors (Lipinski definition) is 1. The predicted molar refractivity (Wildman–Crippen MR) is 35.5 cm³/mol. The molecule has 0 bridgehead atoms. The highest BCUT2D eigenvalue weighted by Crippen LogP contribution is 2.41. The van der Waals surface area contributed by atoms with Crippen LogP contribution < -0.4 is 0 Å². The Bertz CT molecular complexity index is 187. The molecule has 0 fully saturated rings. The van der Waals surface area contributed by atoms with E-state index in [1.54, 1.807) is 6.92 Å². The average molecular weight is 165 g/mol. The summed E-state index contributed by atoms with van der Waals surface area (Å²) in [5, 5.41) is 2.90. The fraction of sp³-hybridized carbons (Fsp3) is 1.00. The zero-order chi connectivity index (χ0) is 8.04. The van der Waals surface area contributed by atoms with Crippen molar-refractivity contribution >= 4 is 7.60 Å². The van der Waals surface area contributed by atoms with E-state index in [4.69, 9.17) is 10.4 Å². The van der Waals surface area contributed by atoms with E-state index in [-0.39, 0.29) is 6.61 Å². The smallest absolute Gasteiger partial charge is 0.324 e. The van der Waals surface area contributed by atoms with E-state index < -0.39 is 13.9 Å². The van der Waals surface area contributed by atoms with Crippen LogP contribution in [-0.4, -0.2) is 17.8 Å². The lowest BCUT2D eigenvalue weighted by molar-refractivity contribution is 0.274. The van der Waals surface area contributed by atoms with Crippen LogP contribution in [0.2, 0.25) is 0 Å². The van der Waals surface area contributed by atoms with E-state index in [0.29, 0.717) is 0 Å². The van der Waals surface area contributed by atoms with Crippen LogP contribution in [0.15, 0.2) is 5.11 Å². The third kappa shape index (κ3) is 4.35. The van der Waals surface area contributed by atoms with Crippen molar-refractivity contribution in [2.45, 2.75) is 6.92 Å². The summed E-state index contributed by atoms with van der Waals surface area (Å²) in [7, 11) is -3.63. The molecule has 6 nitrogen and oxygen atoms in total. The third-order valence-corrected chi connectivity index (χ3v) is 1.78. The minimum atomic E-state index is -3.63. The van der Waals surface area contributed by atoms with Gasteiger partial charge < -0.3 is 9.42 Å². The SMILES string of the molecule is CCOP(=O)(O)CN=[N+]=[N-]. The Morgan fingerprint density at radius 2 is 2.50 bits per heavy atom. The lowest BCUT2D eigenvalue weighted by atomic mass is 10.9. The zero-order valence-electron chi connectivity index (χ0n) is 5.47. The molecule has 0 aliphatic carbocycles. The molecule has 0 aromatic carbocycles. The van der Waals surface area contributed by atoms with Crippen LogP contribution in [0, 0.1) is 0 Å². The van der Waals surface area contributed by atoms with Gasteiger partial charge in [-0.1, -0.05) is 5.11 Å². The second-order valence-corrected chi connectivity index (χ2v) is 3.24. The largest absolute Gasteiger partial charge is 0.333 e. The van der Waals surface area contributed by atoms with Crippen LogP contribution in [0.5, 0.6) is 0 Å². The average Bonchev–Trinajstić information content (AvgIpc) is 1.84. The molecule has 0 saturated heterocycles. The molecule has 0 aliphatic heterocycles. The first-order chi connectivity index (χ1) is 4.62. The van der Waals surface area contributed by atoms with E-state index in [9.17, 15) is 4.57 Å². The second kappa shape index (κ2) is 4.30. The maximum atomic E-state index is 10.6. The number of nitrogens with zero attached hydrogens (tertiary/aromatic N) is 3. The van der Waals surface area contributed by atoms with Gasteiger partial charge in [0.2, 0.25) is 0 Å². The highest BCUT2D eigenvalue weighted by atomic mass is 31.2. The number of rotatable bonds is 4. The van der Waals surface area contributed by atoms with Gasteiger partial charge in [-0.25, -0.2) is 0 Å². The fourth-order valence-corrected chi connectivity index (χ4v) is 1.05. The summed E-state index contributed by atoms with van der Waals surface area (Å²) < 4.78 is 15.0. The van der Waals surface area contributed by atoms with Crippen LogP contribution in [0.1, 0.15) is 6.92 Å². The number of hydrogen-bond acceptors (Lipinski definition) is 3. The molecular weight excluding hydrogens is 157 g/mol. The van der Waals surface area contributed by atoms with Crippen LogP contribution >= 0.6 is 7.60 Å². The maximum absolute atomic E-state index is 10.6. The molecule has 10 heavy (non-hydrogen) atoms. The van der Waals surface area contributed by atoms with Gasteiger partial charge in [-0.15, -0.1) is 0 Å². The molecule has 0 amide bonds. The molecule has 0 spiro atoms. The molecule has 0 aromatic rings. The highest BCUT2D eigenvalue weighted by Gasteiger charge is 2.15. The van der Waals surface area contributed by atoms with Crippen molar-refractivity contribution in [3.05, 3.63) is 10.4 Å². The standard InChI is InChI=1S/C3H8N3O3P/c1-2-9-10(7,8)3-5-6-4/h2-3H2,1H3,(H,7,8). The molecule has 1 unspecified atom stereocenters. The van der Waals surface area contributed by atoms with Gasteiger partial charge >= 0.3 is 7.60 Å². The zero-order valence-corrected chi connectivity index (χ0v) is 6.36. The topological polar surface area (TPSA) is 95.3 Å². The summed E-state index contributed by atoms with van der Waals surface area (Å²) in [4.78, 5) is 11.0. The van der Waals surface area contributed by atoms with Crippen molar-refractivity contribution < 1.29 is 14.0 Å². The lowest BCUT2D eigenvalue weighted by Crippen LogP contribution is -1.90. The van der Waals surface area contributed by atoms with E-state index in [1.807, 2.05) is 0 Å². The Hall–Kier alpha value is -0.540. The molecule has 0 aromatic heterocycles. The molecule has 0 radical (unpaired) electrons. The summed E-state index contributed by atoms with van der Waals surface area (Å²) in [5.41, 5.74) is 7.77. The summed E-state index contributed by atoms with van der Waals surface area (Å²) in [6.07, 6.45) is -0.503. The molecule has 1 N–H and O–H groups in total. The van der Waals surface area contributed by atoms with Gasteiger partial charge in [-0.05, 0) is 12.5 Å². The summed E-state index contributed by atoms with van der Waals surface area (Å²) in [5.74, 6) is 0. The summed E-state index contributed by atoms with van der Waals surface area (Å²) >= 11 is 0. The Morgan fingerprint density at radius 1 is 1.90 bits per heavy atom. The molecule has 7 heteroatoms. The first-order valence-electron chi connectivity index (χ1n) is 2.59. The molecule has 1 atom stereocenters. The fourth-order valence-electron chi connectivity index (χ4n) is 0.351. The minimum absolute atomic E-state index is 0.134. The van der Waals surface area contributed by atoms with Crippen LogP contribution in [0.4, 0.5) is 0 Å². The first kappa shape index (κ1) is 9.46. The van der Waals surface area contributed by atoms with E-state index in [0.717, 1.165) is 0 Å². The van der Waals surface area contributed by atoms with Gasteiger partial charge in [-0.3, -0.25) is 4.57 Å². The second-order valence-electron chi connectivity index (χ2n) is 1.43. The van der Waals surface area contributed by atoms with Gasteiger partial charge in [0.25, 0.3) is 0 Å². The Kier molecular flexibility index (Phi) is 4.07. The Morgan fingerprint density at radius 3 is 2.90 bits per heavy atom. The van der Waals surface area contributed by atoms with Crippen molar-refractivity contribution in [2.75, 3.05) is 12.9 Å². The van der Waals surface area contributed by atoms with Crippen LogP contribution in [-0.2, 0) is 9.09 Å². The van der Waals surface area contributed by atoms with Crippen molar-refractivity contribution in [1.29, 1.82) is 0 Å². The predicted octanol–water partition coefficient (Wildman–Crippen LogP) is 1.48. The monoisotopic (exact) mass is 165 g/mol. The lowest BCUT2D eigenvalue weighted by Gasteiger charge is -2.05. The molecule has 0 rings (SSSR count). The van der Waals surface area contributed by atoms with Crippen molar-refractivity contribution in [1.82, 2.24) is 0 Å². The minimum Gasteiger partial charge on any atom is -0.324 e.